The maximum atomic E-state index is 12.8. The molecule has 1 aromatic heterocycles. The van der Waals surface area contributed by atoms with Crippen molar-refractivity contribution in [3.05, 3.63) is 94.8 Å². The summed E-state index contributed by atoms with van der Waals surface area (Å²) in [6, 6.07) is 22.3. The molecule has 0 amide bonds. The van der Waals surface area contributed by atoms with E-state index >= 15 is 0 Å². The molecule has 0 aliphatic carbocycles. The molecule has 0 spiro atoms. The number of hydrogen-bond donors (Lipinski definition) is 1. The number of nitrogen functional groups attached to an aromatic ring is 1. The summed E-state index contributed by atoms with van der Waals surface area (Å²) in [6.07, 6.45) is 1.48. The number of nitrogens with two attached hydrogens (primary N) is 1. The Morgan fingerprint density at radius 1 is 0.923 bits per heavy atom. The van der Waals surface area contributed by atoms with Gasteiger partial charge in [-0.05, 0) is 35.4 Å². The summed E-state index contributed by atoms with van der Waals surface area (Å²) in [5.41, 5.74) is 9.14. The van der Waals surface area contributed by atoms with Gasteiger partial charge >= 0.3 is 0 Å². The summed E-state index contributed by atoms with van der Waals surface area (Å²) in [7, 11) is 0. The van der Waals surface area contributed by atoms with Crippen molar-refractivity contribution in [3.8, 4) is 16.9 Å². The SMILES string of the molecule is Nc1ccc(-c2coc3cc(OCc4ccccc4)ccc3c2=O)cc1. The normalized spacial score (nSPS) is 10.8. The van der Waals surface area contributed by atoms with Crippen LogP contribution in [0.3, 0.4) is 0 Å². The van der Waals surface area contributed by atoms with Crippen molar-refractivity contribution in [1.29, 1.82) is 0 Å². The highest BCUT2D eigenvalue weighted by atomic mass is 16.5. The van der Waals surface area contributed by atoms with E-state index in [4.69, 9.17) is 14.9 Å². The maximum absolute atomic E-state index is 12.8. The van der Waals surface area contributed by atoms with E-state index in [1.165, 1.54) is 6.26 Å². The molecule has 1 heterocycles. The van der Waals surface area contributed by atoms with Crippen LogP contribution in [0.2, 0.25) is 0 Å². The molecular weight excluding hydrogens is 326 g/mol. The lowest BCUT2D eigenvalue weighted by Gasteiger charge is -2.08. The molecule has 0 radical (unpaired) electrons. The van der Waals surface area contributed by atoms with Crippen molar-refractivity contribution in [3.63, 3.8) is 0 Å². The van der Waals surface area contributed by atoms with Gasteiger partial charge in [-0.1, -0.05) is 42.5 Å². The zero-order valence-corrected chi connectivity index (χ0v) is 14.0. The van der Waals surface area contributed by atoms with Crippen LogP contribution in [0.4, 0.5) is 5.69 Å². The number of hydrogen-bond acceptors (Lipinski definition) is 4. The van der Waals surface area contributed by atoms with Crippen molar-refractivity contribution in [2.75, 3.05) is 5.73 Å². The first-order valence-electron chi connectivity index (χ1n) is 8.29. The summed E-state index contributed by atoms with van der Waals surface area (Å²) < 4.78 is 11.5. The Morgan fingerprint density at radius 2 is 1.69 bits per heavy atom. The minimum Gasteiger partial charge on any atom is -0.489 e. The molecule has 0 atom stereocenters. The molecular formula is C22H17NO3. The summed E-state index contributed by atoms with van der Waals surface area (Å²) in [6.45, 7) is 0.458. The molecule has 3 aromatic carbocycles. The van der Waals surface area contributed by atoms with Crippen molar-refractivity contribution >= 4 is 16.7 Å². The predicted molar refractivity (Wildman–Crippen MR) is 103 cm³/mol. The molecule has 26 heavy (non-hydrogen) atoms. The van der Waals surface area contributed by atoms with E-state index < -0.39 is 0 Å². The van der Waals surface area contributed by atoms with Gasteiger partial charge in [-0.3, -0.25) is 4.79 Å². The molecule has 4 nitrogen and oxygen atoms in total. The zero-order valence-electron chi connectivity index (χ0n) is 14.0. The van der Waals surface area contributed by atoms with E-state index in [1.807, 2.05) is 42.5 Å². The molecule has 128 valence electrons. The molecule has 4 aromatic rings. The smallest absolute Gasteiger partial charge is 0.200 e. The minimum absolute atomic E-state index is 0.0781. The van der Waals surface area contributed by atoms with Gasteiger partial charge in [0.2, 0.25) is 0 Å². The first kappa shape index (κ1) is 16.0. The third-order valence-corrected chi connectivity index (χ3v) is 4.22. The fraction of sp³-hybridized carbons (Fsp3) is 0.0455. The van der Waals surface area contributed by atoms with Crippen LogP contribution in [0.25, 0.3) is 22.1 Å². The fourth-order valence-corrected chi connectivity index (χ4v) is 2.80. The van der Waals surface area contributed by atoms with Crippen molar-refractivity contribution in [2.45, 2.75) is 6.61 Å². The number of rotatable bonds is 4. The first-order valence-corrected chi connectivity index (χ1v) is 8.29. The highest BCUT2D eigenvalue weighted by molar-refractivity contribution is 5.82. The Labute approximate surface area is 150 Å². The lowest BCUT2D eigenvalue weighted by atomic mass is 10.1. The van der Waals surface area contributed by atoms with Crippen LogP contribution >= 0.6 is 0 Å². The van der Waals surface area contributed by atoms with Gasteiger partial charge in [-0.2, -0.15) is 0 Å². The van der Waals surface area contributed by atoms with Crippen LogP contribution in [0, 0.1) is 0 Å². The van der Waals surface area contributed by atoms with Gasteiger partial charge in [-0.15, -0.1) is 0 Å². The molecule has 0 saturated heterocycles. The predicted octanol–water partition coefficient (Wildman–Crippen LogP) is 4.62. The molecule has 0 saturated carbocycles. The van der Waals surface area contributed by atoms with E-state index in [0.717, 1.165) is 11.1 Å². The third-order valence-electron chi connectivity index (χ3n) is 4.22. The Bertz CT molecular complexity index is 1100. The summed E-state index contributed by atoms with van der Waals surface area (Å²) >= 11 is 0. The van der Waals surface area contributed by atoms with Gasteiger partial charge in [-0.25, -0.2) is 0 Å². The monoisotopic (exact) mass is 343 g/mol. The van der Waals surface area contributed by atoms with Crippen LogP contribution in [0.1, 0.15) is 5.56 Å². The van der Waals surface area contributed by atoms with Gasteiger partial charge in [0.25, 0.3) is 0 Å². The average Bonchev–Trinajstić information content (AvgIpc) is 2.68. The van der Waals surface area contributed by atoms with Crippen LogP contribution in [-0.2, 0) is 6.61 Å². The number of ether oxygens (including phenoxy) is 1. The van der Waals surface area contributed by atoms with E-state index in [-0.39, 0.29) is 5.43 Å². The fourth-order valence-electron chi connectivity index (χ4n) is 2.80. The van der Waals surface area contributed by atoms with Crippen LogP contribution in [0.15, 0.2) is 88.3 Å². The molecule has 0 bridgehead atoms. The van der Waals surface area contributed by atoms with E-state index in [9.17, 15) is 4.79 Å². The van der Waals surface area contributed by atoms with E-state index in [1.54, 1.807) is 30.3 Å². The second-order valence-electron chi connectivity index (χ2n) is 6.03. The molecule has 2 N–H and O–H groups in total. The molecule has 0 aliphatic rings. The summed E-state index contributed by atoms with van der Waals surface area (Å²) in [5, 5.41) is 0.520. The van der Waals surface area contributed by atoms with Gasteiger partial charge in [0.05, 0.1) is 10.9 Å². The molecule has 0 fully saturated rings. The van der Waals surface area contributed by atoms with Gasteiger partial charge in [0.1, 0.15) is 24.2 Å². The van der Waals surface area contributed by atoms with Crippen molar-refractivity contribution < 1.29 is 9.15 Å². The Hall–Kier alpha value is -3.53. The lowest BCUT2D eigenvalue weighted by Crippen LogP contribution is -2.05. The lowest BCUT2D eigenvalue weighted by molar-refractivity contribution is 0.306. The Kier molecular flexibility index (Phi) is 4.15. The highest BCUT2D eigenvalue weighted by Gasteiger charge is 2.10. The topological polar surface area (TPSA) is 65.5 Å². The molecule has 0 unspecified atom stereocenters. The first-order chi connectivity index (χ1) is 12.7. The molecule has 0 aliphatic heterocycles. The molecule has 4 heteroatoms. The Balaban J connectivity index is 1.64. The third kappa shape index (κ3) is 3.17. The molecule has 4 rings (SSSR count). The van der Waals surface area contributed by atoms with Crippen LogP contribution < -0.4 is 15.9 Å². The van der Waals surface area contributed by atoms with Crippen LogP contribution in [0.5, 0.6) is 5.75 Å². The average molecular weight is 343 g/mol. The minimum atomic E-state index is -0.0781. The van der Waals surface area contributed by atoms with Gasteiger partial charge in [0.15, 0.2) is 5.43 Å². The van der Waals surface area contributed by atoms with E-state index in [0.29, 0.717) is 34.6 Å². The summed E-state index contributed by atoms with van der Waals surface area (Å²) in [5.74, 6) is 0.657. The quantitative estimate of drug-likeness (QED) is 0.549. The highest BCUT2D eigenvalue weighted by Crippen LogP contribution is 2.24. The second kappa shape index (κ2) is 6.76. The standard InChI is InChI=1S/C22H17NO3/c23-17-8-6-16(7-9-17)20-14-26-21-12-18(10-11-19(21)22(20)24)25-13-15-4-2-1-3-5-15/h1-12,14H,13,23H2. The summed E-state index contributed by atoms with van der Waals surface area (Å²) in [4.78, 5) is 12.8. The largest absolute Gasteiger partial charge is 0.489 e. The van der Waals surface area contributed by atoms with Crippen molar-refractivity contribution in [1.82, 2.24) is 0 Å². The number of benzene rings is 3. The number of fused-ring (bicyclic) bond motifs is 1. The number of anilines is 1. The van der Waals surface area contributed by atoms with Crippen molar-refractivity contribution in [2.24, 2.45) is 0 Å². The van der Waals surface area contributed by atoms with Gasteiger partial charge in [0, 0.05) is 11.8 Å². The second-order valence-corrected chi connectivity index (χ2v) is 6.03. The Morgan fingerprint density at radius 3 is 2.46 bits per heavy atom. The zero-order chi connectivity index (χ0) is 17.9. The van der Waals surface area contributed by atoms with Crippen LogP contribution in [-0.4, -0.2) is 0 Å². The maximum Gasteiger partial charge on any atom is 0.200 e. The van der Waals surface area contributed by atoms with Gasteiger partial charge < -0.3 is 14.9 Å². The van der Waals surface area contributed by atoms with E-state index in [2.05, 4.69) is 0 Å².